The van der Waals surface area contributed by atoms with Crippen molar-refractivity contribution in [1.82, 2.24) is 0 Å². The lowest BCUT2D eigenvalue weighted by molar-refractivity contribution is -0.147. The molecule has 110 valence electrons. The zero-order chi connectivity index (χ0) is 14.8. The number of ether oxygens (including phenoxy) is 3. The first kappa shape index (κ1) is 15.0. The quantitative estimate of drug-likeness (QED) is 0.881. The van der Waals surface area contributed by atoms with E-state index in [1.165, 1.54) is 12.1 Å². The van der Waals surface area contributed by atoms with Gasteiger partial charge < -0.3 is 19.3 Å². The van der Waals surface area contributed by atoms with Crippen LogP contribution in [0.1, 0.15) is 5.56 Å². The molecule has 1 aliphatic rings. The van der Waals surface area contributed by atoms with Crippen LogP contribution >= 0.6 is 15.9 Å². The highest BCUT2D eigenvalue weighted by molar-refractivity contribution is 9.10. The smallest absolute Gasteiger partial charge is 0.329 e. The summed E-state index contributed by atoms with van der Waals surface area (Å²) >= 11 is 3.04. The largest absolute Gasteiger partial charge is 0.486 e. The molecule has 1 heterocycles. The average molecular weight is 353 g/mol. The van der Waals surface area contributed by atoms with Gasteiger partial charge in [0.05, 0.1) is 0 Å². The molecule has 1 aliphatic heterocycles. The van der Waals surface area contributed by atoms with E-state index in [2.05, 4.69) is 20.7 Å². The highest BCUT2D eigenvalue weighted by Gasteiger charge is 2.36. The summed E-state index contributed by atoms with van der Waals surface area (Å²) in [7, 11) is 0. The number of hydrogen-bond acceptors (Lipinski definition) is 4. The van der Waals surface area contributed by atoms with Crippen molar-refractivity contribution < 1.29 is 32.9 Å². The molecular weight excluding hydrogens is 342 g/mol. The van der Waals surface area contributed by atoms with E-state index in [4.69, 9.17) is 14.6 Å². The summed E-state index contributed by atoms with van der Waals surface area (Å²) in [5.74, 6) is -4.03. The van der Waals surface area contributed by atoms with Crippen LogP contribution in [-0.4, -0.2) is 37.5 Å². The Morgan fingerprint density at radius 3 is 2.55 bits per heavy atom. The number of carbonyl (C=O) groups is 1. The van der Waals surface area contributed by atoms with Gasteiger partial charge in [-0.05, 0) is 12.1 Å². The number of carboxylic acid groups (broad SMARTS) is 1. The molecule has 0 aliphatic carbocycles. The number of rotatable bonds is 5. The molecule has 5 nitrogen and oxygen atoms in total. The van der Waals surface area contributed by atoms with Gasteiger partial charge in [-0.25, -0.2) is 4.79 Å². The van der Waals surface area contributed by atoms with Crippen molar-refractivity contribution in [2.75, 3.05) is 26.4 Å². The van der Waals surface area contributed by atoms with Gasteiger partial charge in [0.1, 0.15) is 26.4 Å². The van der Waals surface area contributed by atoms with Gasteiger partial charge in [-0.1, -0.05) is 15.9 Å². The van der Waals surface area contributed by atoms with Crippen molar-refractivity contribution in [1.29, 1.82) is 0 Å². The summed E-state index contributed by atoms with van der Waals surface area (Å²) in [6.45, 7) is -1.17. The zero-order valence-electron chi connectivity index (χ0n) is 10.2. The Hall–Kier alpha value is -1.41. The molecular formula is C12H11BrF2O5. The van der Waals surface area contributed by atoms with Crippen LogP contribution in [0.4, 0.5) is 8.78 Å². The topological polar surface area (TPSA) is 65.0 Å². The zero-order valence-corrected chi connectivity index (χ0v) is 11.8. The minimum absolute atomic E-state index is 0.144. The third-order valence-electron chi connectivity index (χ3n) is 2.53. The van der Waals surface area contributed by atoms with E-state index in [9.17, 15) is 13.6 Å². The Labute approximate surface area is 121 Å². The van der Waals surface area contributed by atoms with E-state index >= 15 is 0 Å². The van der Waals surface area contributed by atoms with E-state index < -0.39 is 25.1 Å². The second-order valence-corrected chi connectivity index (χ2v) is 4.92. The molecule has 20 heavy (non-hydrogen) atoms. The summed E-state index contributed by atoms with van der Waals surface area (Å²) in [6, 6.07) is 2.57. The Morgan fingerprint density at radius 1 is 1.35 bits per heavy atom. The number of hydrogen-bond donors (Lipinski definition) is 1. The van der Waals surface area contributed by atoms with Crippen molar-refractivity contribution in [2.45, 2.75) is 5.92 Å². The normalized spacial score (nSPS) is 14.2. The first-order valence-electron chi connectivity index (χ1n) is 5.67. The van der Waals surface area contributed by atoms with Crippen LogP contribution in [0.2, 0.25) is 0 Å². The lowest BCUT2D eigenvalue weighted by Gasteiger charge is -2.23. The van der Waals surface area contributed by atoms with Crippen molar-refractivity contribution in [2.24, 2.45) is 0 Å². The number of fused-ring (bicyclic) bond motifs is 1. The van der Waals surface area contributed by atoms with Crippen LogP contribution < -0.4 is 9.47 Å². The van der Waals surface area contributed by atoms with Crippen LogP contribution in [0.5, 0.6) is 11.5 Å². The van der Waals surface area contributed by atoms with Gasteiger partial charge in [-0.3, -0.25) is 0 Å². The van der Waals surface area contributed by atoms with Gasteiger partial charge in [0, 0.05) is 10.0 Å². The molecule has 2 rings (SSSR count). The molecule has 1 aromatic carbocycles. The van der Waals surface area contributed by atoms with Crippen LogP contribution in [0.15, 0.2) is 16.6 Å². The molecule has 1 N–H and O–H groups in total. The van der Waals surface area contributed by atoms with E-state index in [0.717, 1.165) is 0 Å². The SMILES string of the molecule is O=C(O)COCC(F)(F)c1cc2c(cc1Br)OCCO2. The molecule has 0 saturated heterocycles. The number of carboxylic acids is 1. The lowest BCUT2D eigenvalue weighted by atomic mass is 10.1. The number of benzene rings is 1. The molecule has 0 bridgehead atoms. The number of alkyl halides is 2. The maximum Gasteiger partial charge on any atom is 0.329 e. The van der Waals surface area contributed by atoms with Crippen molar-refractivity contribution in [3.8, 4) is 11.5 Å². The first-order valence-corrected chi connectivity index (χ1v) is 6.46. The molecule has 8 heteroatoms. The Bertz CT molecular complexity index is 521. The maximum atomic E-state index is 14.0. The molecule has 0 fully saturated rings. The highest BCUT2D eigenvalue weighted by Crippen LogP contribution is 2.41. The van der Waals surface area contributed by atoms with E-state index in [-0.39, 0.29) is 22.4 Å². The molecule has 0 saturated carbocycles. The standard InChI is InChI=1S/C12H11BrF2O5/c13-8-4-10-9(19-1-2-20-10)3-7(8)12(14,15)6-18-5-11(16)17/h3-4H,1-2,5-6H2,(H,16,17). The highest BCUT2D eigenvalue weighted by atomic mass is 79.9. The maximum absolute atomic E-state index is 14.0. The summed E-state index contributed by atoms with van der Waals surface area (Å²) in [6.07, 6.45) is 0. The van der Waals surface area contributed by atoms with Crippen LogP contribution in [-0.2, 0) is 15.5 Å². The molecule has 0 spiro atoms. The van der Waals surface area contributed by atoms with Crippen LogP contribution in [0, 0.1) is 0 Å². The van der Waals surface area contributed by atoms with Gasteiger partial charge in [0.2, 0.25) is 0 Å². The Kier molecular flexibility index (Phi) is 4.44. The van der Waals surface area contributed by atoms with Gasteiger partial charge in [0.15, 0.2) is 11.5 Å². The minimum Gasteiger partial charge on any atom is -0.486 e. The Morgan fingerprint density at radius 2 is 1.95 bits per heavy atom. The summed E-state index contributed by atoms with van der Waals surface area (Å²) in [4.78, 5) is 10.3. The number of halogens is 3. The molecule has 1 aromatic rings. The van der Waals surface area contributed by atoms with Crippen molar-refractivity contribution in [3.63, 3.8) is 0 Å². The van der Waals surface area contributed by atoms with Gasteiger partial charge in [0.25, 0.3) is 5.92 Å². The molecule has 0 aromatic heterocycles. The van der Waals surface area contributed by atoms with E-state index in [0.29, 0.717) is 12.4 Å². The van der Waals surface area contributed by atoms with Crippen LogP contribution in [0.3, 0.4) is 0 Å². The molecule has 0 amide bonds. The third kappa shape index (κ3) is 3.37. The van der Waals surface area contributed by atoms with Crippen LogP contribution in [0.25, 0.3) is 0 Å². The predicted molar refractivity (Wildman–Crippen MR) is 67.5 cm³/mol. The number of aliphatic carboxylic acids is 1. The first-order chi connectivity index (χ1) is 9.40. The monoisotopic (exact) mass is 352 g/mol. The molecule has 0 radical (unpaired) electrons. The fraction of sp³-hybridized carbons (Fsp3) is 0.417. The predicted octanol–water partition coefficient (Wildman–Crippen LogP) is 2.41. The second-order valence-electron chi connectivity index (χ2n) is 4.07. The van der Waals surface area contributed by atoms with E-state index in [1.807, 2.05) is 0 Å². The average Bonchev–Trinajstić information content (AvgIpc) is 2.37. The summed E-state index contributed by atoms with van der Waals surface area (Å²) in [5, 5.41) is 8.38. The fourth-order valence-electron chi connectivity index (χ4n) is 1.69. The fourth-order valence-corrected chi connectivity index (χ4v) is 2.30. The Balaban J connectivity index is 2.19. The van der Waals surface area contributed by atoms with Gasteiger partial charge in [-0.2, -0.15) is 8.78 Å². The minimum atomic E-state index is -3.34. The lowest BCUT2D eigenvalue weighted by Crippen LogP contribution is -2.24. The van der Waals surface area contributed by atoms with E-state index in [1.54, 1.807) is 0 Å². The molecule has 0 unspecified atom stereocenters. The summed E-state index contributed by atoms with van der Waals surface area (Å²) in [5.41, 5.74) is -0.341. The third-order valence-corrected chi connectivity index (χ3v) is 3.19. The second kappa shape index (κ2) is 5.92. The van der Waals surface area contributed by atoms with Gasteiger partial charge in [-0.15, -0.1) is 0 Å². The molecule has 0 atom stereocenters. The van der Waals surface area contributed by atoms with Gasteiger partial charge >= 0.3 is 5.97 Å². The van der Waals surface area contributed by atoms with Crippen molar-refractivity contribution in [3.05, 3.63) is 22.2 Å². The summed E-state index contributed by atoms with van der Waals surface area (Å²) < 4.78 is 43.1. The van der Waals surface area contributed by atoms with Crippen molar-refractivity contribution >= 4 is 21.9 Å².